The summed E-state index contributed by atoms with van der Waals surface area (Å²) in [5, 5.41) is 7.90. The van der Waals surface area contributed by atoms with Crippen molar-refractivity contribution in [2.75, 3.05) is 16.4 Å². The molecule has 3 heterocycles. The summed E-state index contributed by atoms with van der Waals surface area (Å²) in [6.45, 7) is 8.23. The molecule has 2 atom stereocenters. The third-order valence-corrected chi connectivity index (χ3v) is 6.86. The van der Waals surface area contributed by atoms with Crippen molar-refractivity contribution in [2.24, 2.45) is 0 Å². The number of hydrogen-bond acceptors (Lipinski definition) is 7. The number of aryl methyl sites for hydroxylation is 3. The molecular weight excluding hydrogens is 556 g/mol. The summed E-state index contributed by atoms with van der Waals surface area (Å²) in [7, 11) is 0. The molecule has 0 fully saturated rings. The van der Waals surface area contributed by atoms with Crippen molar-refractivity contribution >= 4 is 17.8 Å². The first-order valence-electron chi connectivity index (χ1n) is 12.9. The number of amides is 1. The highest BCUT2D eigenvalue weighted by Gasteiger charge is 2.42. The van der Waals surface area contributed by atoms with Crippen LogP contribution in [0.15, 0.2) is 28.7 Å². The molecule has 0 N–H and O–H groups in total. The van der Waals surface area contributed by atoms with Crippen LogP contribution in [-0.2, 0) is 23.6 Å². The van der Waals surface area contributed by atoms with Crippen molar-refractivity contribution in [3.05, 3.63) is 63.8 Å². The van der Waals surface area contributed by atoms with Crippen LogP contribution in [0, 0.1) is 20.8 Å². The summed E-state index contributed by atoms with van der Waals surface area (Å²) in [4.78, 5) is 20.6. The third kappa shape index (κ3) is 6.25. The monoisotopic (exact) mass is 585 g/mol. The molecule has 0 bridgehead atoms. The third-order valence-electron chi connectivity index (χ3n) is 6.86. The van der Waals surface area contributed by atoms with Gasteiger partial charge in [0.15, 0.2) is 0 Å². The van der Waals surface area contributed by atoms with Crippen LogP contribution in [0.5, 0.6) is 0 Å². The van der Waals surface area contributed by atoms with Gasteiger partial charge in [-0.15, -0.1) is 5.10 Å². The highest BCUT2D eigenvalue weighted by Crippen LogP contribution is 2.45. The second-order valence-electron chi connectivity index (χ2n) is 9.82. The zero-order valence-corrected chi connectivity index (χ0v) is 23.0. The molecule has 222 valence electrons. The van der Waals surface area contributed by atoms with E-state index in [4.69, 9.17) is 9.15 Å². The molecule has 1 aliphatic rings. The van der Waals surface area contributed by atoms with Gasteiger partial charge in [0.25, 0.3) is 0 Å². The normalized spacial score (nSPS) is 17.4. The fraction of sp³-hybridized carbons (Fsp3) is 0.481. The van der Waals surface area contributed by atoms with Gasteiger partial charge in [0.05, 0.1) is 35.2 Å². The number of carbonyl (C=O) groups excluding carboxylic acids is 1. The highest BCUT2D eigenvalue weighted by atomic mass is 19.4. The molecule has 0 saturated heterocycles. The predicted octanol–water partition coefficient (Wildman–Crippen LogP) is 7.32. The standard InChI is InChI=1S/C27H29F6N5O3/c1-6-20-12-22(21-8-14(3)34-15(4)23(21)38(20)25(39)40-7-2)37(24-36-35-16(5)41-24)13-17-9-18(26(28,29)30)11-19(10-17)27(31,32)33/h8-11,20,22H,6-7,12-13H2,1-5H3. The Morgan fingerprint density at radius 3 is 2.17 bits per heavy atom. The van der Waals surface area contributed by atoms with Crippen molar-refractivity contribution in [3.8, 4) is 0 Å². The van der Waals surface area contributed by atoms with Gasteiger partial charge in [-0.3, -0.25) is 9.88 Å². The number of nitrogens with zero attached hydrogens (tertiary/aromatic N) is 5. The summed E-state index contributed by atoms with van der Waals surface area (Å²) < 4.78 is 92.8. The van der Waals surface area contributed by atoms with Crippen molar-refractivity contribution in [1.82, 2.24) is 15.2 Å². The van der Waals surface area contributed by atoms with Gasteiger partial charge in [0.1, 0.15) is 0 Å². The summed E-state index contributed by atoms with van der Waals surface area (Å²) in [6.07, 6.45) is -9.88. The number of alkyl halides is 6. The van der Waals surface area contributed by atoms with Crippen molar-refractivity contribution < 1.29 is 40.3 Å². The minimum atomic E-state index is -5.01. The molecule has 1 amide bonds. The van der Waals surface area contributed by atoms with E-state index in [-0.39, 0.29) is 36.6 Å². The van der Waals surface area contributed by atoms with Crippen LogP contribution in [-0.4, -0.2) is 33.9 Å². The molecule has 0 aliphatic carbocycles. The first-order valence-corrected chi connectivity index (χ1v) is 12.9. The summed E-state index contributed by atoms with van der Waals surface area (Å²) >= 11 is 0. The average Bonchev–Trinajstić information content (AvgIpc) is 3.31. The van der Waals surface area contributed by atoms with E-state index in [2.05, 4.69) is 15.2 Å². The number of fused-ring (bicyclic) bond motifs is 1. The molecule has 4 rings (SSSR count). The molecule has 0 spiro atoms. The van der Waals surface area contributed by atoms with Gasteiger partial charge in [0, 0.05) is 30.8 Å². The quantitative estimate of drug-likeness (QED) is 0.280. The average molecular weight is 586 g/mol. The summed E-state index contributed by atoms with van der Waals surface area (Å²) in [5.41, 5.74) is -0.966. The molecule has 3 aromatic rings. The van der Waals surface area contributed by atoms with Gasteiger partial charge in [-0.2, -0.15) is 26.3 Å². The largest absolute Gasteiger partial charge is 0.449 e. The lowest BCUT2D eigenvalue weighted by atomic mass is 9.88. The highest BCUT2D eigenvalue weighted by molar-refractivity contribution is 5.91. The Morgan fingerprint density at radius 2 is 1.66 bits per heavy atom. The van der Waals surface area contributed by atoms with E-state index in [1.54, 1.807) is 26.8 Å². The van der Waals surface area contributed by atoms with E-state index in [9.17, 15) is 31.1 Å². The van der Waals surface area contributed by atoms with Gasteiger partial charge in [-0.05, 0) is 63.4 Å². The SMILES string of the molecule is CCOC(=O)N1c2c(cc(C)nc2C)C(N(Cc2cc(C(F)(F)F)cc(C(F)(F)F)c2)c2nnc(C)o2)CC1CC. The number of carbonyl (C=O) groups is 1. The molecule has 1 aliphatic heterocycles. The minimum Gasteiger partial charge on any atom is -0.449 e. The van der Waals surface area contributed by atoms with E-state index in [1.165, 1.54) is 16.7 Å². The van der Waals surface area contributed by atoms with Gasteiger partial charge < -0.3 is 14.1 Å². The van der Waals surface area contributed by atoms with Crippen LogP contribution < -0.4 is 9.80 Å². The predicted molar refractivity (Wildman–Crippen MR) is 136 cm³/mol. The molecular formula is C27H29F6N5O3. The van der Waals surface area contributed by atoms with Crippen molar-refractivity contribution in [3.63, 3.8) is 0 Å². The Kier molecular flexibility index (Phi) is 8.23. The first-order chi connectivity index (χ1) is 19.1. The fourth-order valence-electron chi connectivity index (χ4n) is 5.19. The Hall–Kier alpha value is -3.84. The lowest BCUT2D eigenvalue weighted by Crippen LogP contribution is -2.48. The van der Waals surface area contributed by atoms with Crippen LogP contribution in [0.25, 0.3) is 0 Å². The smallest absolute Gasteiger partial charge is 0.416 e. The molecule has 0 radical (unpaired) electrons. The van der Waals surface area contributed by atoms with Gasteiger partial charge in [-0.1, -0.05) is 12.0 Å². The Morgan fingerprint density at radius 1 is 1.02 bits per heavy atom. The van der Waals surface area contributed by atoms with E-state index in [0.717, 1.165) is 0 Å². The number of aromatic nitrogens is 3. The number of ether oxygens (including phenoxy) is 1. The van der Waals surface area contributed by atoms with E-state index in [1.807, 2.05) is 6.92 Å². The second kappa shape index (κ2) is 11.2. The summed E-state index contributed by atoms with van der Waals surface area (Å²) in [6, 6.07) is 1.98. The first kappa shape index (κ1) is 30.1. The number of hydrogen-bond donors (Lipinski definition) is 0. The molecule has 2 aromatic heterocycles. The van der Waals surface area contributed by atoms with E-state index >= 15 is 0 Å². The van der Waals surface area contributed by atoms with Gasteiger partial charge in [-0.25, -0.2) is 4.79 Å². The Bertz CT molecular complexity index is 1390. The number of anilines is 2. The Labute approximate surface area is 232 Å². The van der Waals surface area contributed by atoms with Crippen LogP contribution in [0.4, 0.5) is 42.8 Å². The second-order valence-corrected chi connectivity index (χ2v) is 9.82. The van der Waals surface area contributed by atoms with Gasteiger partial charge >= 0.3 is 24.5 Å². The summed E-state index contributed by atoms with van der Waals surface area (Å²) in [5.74, 6) is 0.156. The maximum atomic E-state index is 13.6. The maximum absolute atomic E-state index is 13.6. The minimum absolute atomic E-state index is 0.0866. The molecule has 8 nitrogen and oxygen atoms in total. The van der Waals surface area contributed by atoms with Gasteiger partial charge in [0.2, 0.25) is 5.89 Å². The van der Waals surface area contributed by atoms with Crippen LogP contribution >= 0.6 is 0 Å². The Balaban J connectivity index is 1.91. The number of rotatable bonds is 6. The van der Waals surface area contributed by atoms with E-state index < -0.39 is 48.2 Å². The number of halogens is 6. The fourth-order valence-corrected chi connectivity index (χ4v) is 5.19. The van der Waals surface area contributed by atoms with Crippen LogP contribution in [0.2, 0.25) is 0 Å². The molecule has 1 aromatic carbocycles. The van der Waals surface area contributed by atoms with Crippen molar-refractivity contribution in [1.29, 1.82) is 0 Å². The lowest BCUT2D eigenvalue weighted by molar-refractivity contribution is -0.143. The van der Waals surface area contributed by atoms with Crippen molar-refractivity contribution in [2.45, 2.75) is 78.4 Å². The van der Waals surface area contributed by atoms with Crippen LogP contribution in [0.1, 0.15) is 72.3 Å². The zero-order valence-electron chi connectivity index (χ0n) is 23.0. The molecule has 0 saturated carbocycles. The number of benzene rings is 1. The zero-order chi connectivity index (χ0) is 30.3. The lowest BCUT2D eigenvalue weighted by Gasteiger charge is -2.44. The molecule has 14 heteroatoms. The maximum Gasteiger partial charge on any atom is 0.416 e. The number of pyridine rings is 1. The molecule has 41 heavy (non-hydrogen) atoms. The topological polar surface area (TPSA) is 84.6 Å². The van der Waals surface area contributed by atoms with E-state index in [0.29, 0.717) is 41.2 Å². The molecule has 2 unspecified atom stereocenters. The van der Waals surface area contributed by atoms with Crippen LogP contribution in [0.3, 0.4) is 0 Å².